The fourth-order valence-electron chi connectivity index (χ4n) is 2.03. The van der Waals surface area contributed by atoms with Crippen LogP contribution in [-0.2, 0) is 16.0 Å². The van der Waals surface area contributed by atoms with Crippen molar-refractivity contribution >= 4 is 28.6 Å². The summed E-state index contributed by atoms with van der Waals surface area (Å²) in [4.78, 5) is 24.5. The van der Waals surface area contributed by atoms with E-state index in [4.69, 9.17) is 16.3 Å². The highest BCUT2D eigenvalue weighted by Crippen LogP contribution is 2.33. The number of ether oxygens (including phenoxy) is 1. The molecule has 4 nitrogen and oxygen atoms in total. The molecular formula is C12H12ClNO3. The Hall–Kier alpha value is -1.55. The number of carbonyl (C=O) groups is 2. The van der Waals surface area contributed by atoms with Crippen molar-refractivity contribution in [3.63, 3.8) is 0 Å². The molecule has 0 aliphatic carbocycles. The van der Waals surface area contributed by atoms with Gasteiger partial charge in [0.1, 0.15) is 6.04 Å². The maximum atomic E-state index is 11.8. The second-order valence-electron chi connectivity index (χ2n) is 3.72. The molecule has 1 aromatic carbocycles. The van der Waals surface area contributed by atoms with Crippen LogP contribution in [0.25, 0.3) is 0 Å². The molecule has 0 bridgehead atoms. The van der Waals surface area contributed by atoms with Crippen molar-refractivity contribution < 1.29 is 14.3 Å². The van der Waals surface area contributed by atoms with Crippen molar-refractivity contribution in [3.05, 3.63) is 29.8 Å². The van der Waals surface area contributed by atoms with Gasteiger partial charge in [-0.15, -0.1) is 0 Å². The molecule has 0 radical (unpaired) electrons. The van der Waals surface area contributed by atoms with Crippen LogP contribution < -0.4 is 4.90 Å². The minimum atomic E-state index is -0.659. The smallest absolute Gasteiger partial charge is 0.329 e. The number of nitrogens with zero attached hydrogens (tertiary/aromatic N) is 1. The van der Waals surface area contributed by atoms with Gasteiger partial charge in [-0.2, -0.15) is 0 Å². The first-order valence-electron chi connectivity index (χ1n) is 5.38. The summed E-state index contributed by atoms with van der Waals surface area (Å²) in [5.74, 6) is -0.419. The number of halogens is 1. The number of anilines is 1. The zero-order valence-electron chi connectivity index (χ0n) is 9.35. The third-order valence-electron chi connectivity index (χ3n) is 2.72. The van der Waals surface area contributed by atoms with Crippen molar-refractivity contribution in [3.8, 4) is 0 Å². The average Bonchev–Trinajstić information content (AvgIpc) is 2.68. The van der Waals surface area contributed by atoms with Crippen LogP contribution in [0.15, 0.2) is 24.3 Å². The van der Waals surface area contributed by atoms with Gasteiger partial charge >= 0.3 is 11.3 Å². The largest absolute Gasteiger partial charge is 0.464 e. The van der Waals surface area contributed by atoms with E-state index >= 15 is 0 Å². The van der Waals surface area contributed by atoms with E-state index in [1.165, 1.54) is 4.90 Å². The molecule has 1 heterocycles. The lowest BCUT2D eigenvalue weighted by molar-refractivity contribution is -0.144. The molecule has 1 aliphatic heterocycles. The monoisotopic (exact) mass is 253 g/mol. The number of benzene rings is 1. The van der Waals surface area contributed by atoms with Gasteiger partial charge < -0.3 is 4.74 Å². The molecule has 17 heavy (non-hydrogen) atoms. The SMILES string of the molecule is CCOC(=O)[C@@H]1Cc2ccccc2N1C(=O)Cl. The lowest BCUT2D eigenvalue weighted by Gasteiger charge is -2.20. The molecule has 0 unspecified atom stereocenters. The second-order valence-corrected chi connectivity index (χ2v) is 4.05. The predicted molar refractivity (Wildman–Crippen MR) is 64.3 cm³/mol. The van der Waals surface area contributed by atoms with Crippen molar-refractivity contribution in [1.82, 2.24) is 0 Å². The van der Waals surface area contributed by atoms with E-state index in [0.717, 1.165) is 5.56 Å². The molecule has 5 heteroatoms. The zero-order chi connectivity index (χ0) is 12.4. The maximum Gasteiger partial charge on any atom is 0.329 e. The highest BCUT2D eigenvalue weighted by atomic mass is 35.5. The van der Waals surface area contributed by atoms with Crippen molar-refractivity contribution in [1.29, 1.82) is 0 Å². The molecule has 0 saturated heterocycles. The number of hydrogen-bond acceptors (Lipinski definition) is 3. The Balaban J connectivity index is 2.33. The third kappa shape index (κ3) is 2.13. The number of amides is 1. The molecule has 0 fully saturated rings. The van der Waals surface area contributed by atoms with E-state index in [0.29, 0.717) is 12.1 Å². The quantitative estimate of drug-likeness (QED) is 0.462. The Morgan fingerprint density at radius 3 is 2.82 bits per heavy atom. The summed E-state index contributed by atoms with van der Waals surface area (Å²) in [6, 6.07) is 6.68. The van der Waals surface area contributed by atoms with Crippen LogP contribution in [0.4, 0.5) is 10.5 Å². The fourth-order valence-corrected chi connectivity index (χ4v) is 2.24. The first-order valence-corrected chi connectivity index (χ1v) is 5.76. The van der Waals surface area contributed by atoms with E-state index in [1.807, 2.05) is 12.1 Å². The van der Waals surface area contributed by atoms with Crippen LogP contribution in [-0.4, -0.2) is 24.0 Å². The Morgan fingerprint density at radius 1 is 1.47 bits per heavy atom. The van der Waals surface area contributed by atoms with E-state index in [9.17, 15) is 9.59 Å². The van der Waals surface area contributed by atoms with E-state index in [1.54, 1.807) is 19.1 Å². The average molecular weight is 254 g/mol. The highest BCUT2D eigenvalue weighted by molar-refractivity contribution is 6.66. The fraction of sp³-hybridized carbons (Fsp3) is 0.333. The highest BCUT2D eigenvalue weighted by Gasteiger charge is 2.38. The Bertz CT molecular complexity index is 461. The van der Waals surface area contributed by atoms with Gasteiger partial charge in [0, 0.05) is 12.1 Å². The molecule has 1 aromatic rings. The lowest BCUT2D eigenvalue weighted by Crippen LogP contribution is -2.41. The number of hydrogen-bond donors (Lipinski definition) is 0. The standard InChI is InChI=1S/C12H12ClNO3/c1-2-17-11(15)10-7-8-5-3-4-6-9(8)14(10)12(13)16/h3-6,10H,2,7H2,1H3/t10-/m0/s1. The topological polar surface area (TPSA) is 46.6 Å². The Labute approximate surface area is 104 Å². The second kappa shape index (κ2) is 4.75. The minimum Gasteiger partial charge on any atom is -0.464 e. The molecule has 1 amide bonds. The van der Waals surface area contributed by atoms with Gasteiger partial charge in [0.2, 0.25) is 0 Å². The number of esters is 1. The van der Waals surface area contributed by atoms with Crippen molar-refractivity contribution in [2.45, 2.75) is 19.4 Å². The summed E-state index contributed by atoms with van der Waals surface area (Å²) >= 11 is 5.53. The maximum absolute atomic E-state index is 11.8. The van der Waals surface area contributed by atoms with E-state index in [2.05, 4.69) is 0 Å². The molecular weight excluding hydrogens is 242 g/mol. The first kappa shape index (κ1) is 11.9. The van der Waals surface area contributed by atoms with Gasteiger partial charge in [-0.25, -0.2) is 4.79 Å². The van der Waals surface area contributed by atoms with Gasteiger partial charge in [-0.1, -0.05) is 18.2 Å². The van der Waals surface area contributed by atoms with Gasteiger partial charge in [-0.3, -0.25) is 9.69 Å². The van der Waals surface area contributed by atoms with Crippen LogP contribution in [0.5, 0.6) is 0 Å². The van der Waals surface area contributed by atoms with Crippen molar-refractivity contribution in [2.24, 2.45) is 0 Å². The van der Waals surface area contributed by atoms with Crippen LogP contribution in [0.1, 0.15) is 12.5 Å². The van der Waals surface area contributed by atoms with E-state index < -0.39 is 17.4 Å². The van der Waals surface area contributed by atoms with Gasteiger partial charge in [0.25, 0.3) is 0 Å². The zero-order valence-corrected chi connectivity index (χ0v) is 10.1. The number of rotatable bonds is 2. The minimum absolute atomic E-state index is 0.288. The van der Waals surface area contributed by atoms with E-state index in [-0.39, 0.29) is 6.61 Å². The number of fused-ring (bicyclic) bond motifs is 1. The molecule has 2 rings (SSSR count). The van der Waals surface area contributed by atoms with Crippen LogP contribution in [0, 0.1) is 0 Å². The predicted octanol–water partition coefficient (Wildman–Crippen LogP) is 2.34. The summed E-state index contributed by atoms with van der Waals surface area (Å²) < 4.78 is 4.95. The van der Waals surface area contributed by atoms with Gasteiger partial charge in [0.05, 0.1) is 6.61 Å². The summed E-state index contributed by atoms with van der Waals surface area (Å²) in [6.45, 7) is 2.02. The van der Waals surface area contributed by atoms with Crippen LogP contribution in [0.3, 0.4) is 0 Å². The van der Waals surface area contributed by atoms with Crippen LogP contribution >= 0.6 is 11.6 Å². The normalized spacial score (nSPS) is 17.8. The molecule has 0 saturated carbocycles. The Morgan fingerprint density at radius 2 is 2.18 bits per heavy atom. The molecule has 1 atom stereocenters. The summed E-state index contributed by atoms with van der Waals surface area (Å²) in [6.07, 6.45) is 0.452. The molecule has 0 spiro atoms. The Kier molecular flexibility index (Phi) is 3.33. The lowest BCUT2D eigenvalue weighted by atomic mass is 10.1. The van der Waals surface area contributed by atoms with Crippen LogP contribution in [0.2, 0.25) is 0 Å². The first-order chi connectivity index (χ1) is 8.15. The van der Waals surface area contributed by atoms with Crippen molar-refractivity contribution in [2.75, 3.05) is 11.5 Å². The number of carbonyl (C=O) groups excluding carboxylic acids is 2. The molecule has 1 aliphatic rings. The van der Waals surface area contributed by atoms with Gasteiger partial charge in [0.15, 0.2) is 0 Å². The molecule has 0 N–H and O–H groups in total. The molecule has 90 valence electrons. The summed E-state index contributed by atoms with van der Waals surface area (Å²) in [5.41, 5.74) is 1.62. The third-order valence-corrected chi connectivity index (χ3v) is 2.91. The number of para-hydroxylation sites is 1. The molecule has 0 aromatic heterocycles. The summed E-state index contributed by atoms with van der Waals surface area (Å²) in [5, 5.41) is -0.659. The van der Waals surface area contributed by atoms with Gasteiger partial charge in [-0.05, 0) is 30.2 Å². The summed E-state index contributed by atoms with van der Waals surface area (Å²) in [7, 11) is 0.